The standard InChI is InChI=1S/C13H14N2OS/c1-10(2)15-8-12(7-14-15)13(16)4-3-11-5-6-17-9-11/h3-10H,1-2H3. The first-order chi connectivity index (χ1) is 8.16. The summed E-state index contributed by atoms with van der Waals surface area (Å²) in [4.78, 5) is 11.8. The lowest BCUT2D eigenvalue weighted by molar-refractivity contribution is 0.104. The average Bonchev–Trinajstić information content (AvgIpc) is 2.96. The lowest BCUT2D eigenvalue weighted by Gasteiger charge is -2.02. The van der Waals surface area contributed by atoms with E-state index in [9.17, 15) is 4.79 Å². The van der Waals surface area contributed by atoms with Gasteiger partial charge in [0, 0.05) is 12.2 Å². The van der Waals surface area contributed by atoms with Gasteiger partial charge in [-0.25, -0.2) is 0 Å². The van der Waals surface area contributed by atoms with Crippen LogP contribution in [0, 0.1) is 0 Å². The van der Waals surface area contributed by atoms with Gasteiger partial charge in [-0.3, -0.25) is 9.48 Å². The van der Waals surface area contributed by atoms with Crippen LogP contribution < -0.4 is 0 Å². The summed E-state index contributed by atoms with van der Waals surface area (Å²) < 4.78 is 1.78. The van der Waals surface area contributed by atoms with E-state index >= 15 is 0 Å². The van der Waals surface area contributed by atoms with Crippen LogP contribution in [0.25, 0.3) is 6.08 Å². The van der Waals surface area contributed by atoms with E-state index in [-0.39, 0.29) is 11.8 Å². The third-order valence-corrected chi connectivity index (χ3v) is 3.09. The Labute approximate surface area is 104 Å². The Morgan fingerprint density at radius 3 is 2.94 bits per heavy atom. The summed E-state index contributed by atoms with van der Waals surface area (Å²) in [6, 6.07) is 2.25. The van der Waals surface area contributed by atoms with Crippen LogP contribution in [0.1, 0.15) is 35.8 Å². The fraction of sp³-hybridized carbons (Fsp3) is 0.231. The Bertz CT molecular complexity index is 523. The Morgan fingerprint density at radius 1 is 1.53 bits per heavy atom. The van der Waals surface area contributed by atoms with Crippen LogP contribution in [-0.2, 0) is 0 Å². The number of rotatable bonds is 4. The minimum Gasteiger partial charge on any atom is -0.289 e. The lowest BCUT2D eigenvalue weighted by Crippen LogP contribution is -2.00. The molecular weight excluding hydrogens is 232 g/mol. The Kier molecular flexibility index (Phi) is 3.54. The zero-order valence-corrected chi connectivity index (χ0v) is 10.6. The van der Waals surface area contributed by atoms with Gasteiger partial charge in [0.1, 0.15) is 0 Å². The van der Waals surface area contributed by atoms with Gasteiger partial charge in [-0.15, -0.1) is 0 Å². The fourth-order valence-electron chi connectivity index (χ4n) is 1.39. The third kappa shape index (κ3) is 2.91. The molecule has 0 unspecified atom stereocenters. The molecule has 2 heterocycles. The zero-order valence-electron chi connectivity index (χ0n) is 9.83. The first-order valence-corrected chi connectivity index (χ1v) is 6.40. The summed E-state index contributed by atoms with van der Waals surface area (Å²) in [6.07, 6.45) is 6.81. The topological polar surface area (TPSA) is 34.9 Å². The van der Waals surface area contributed by atoms with Gasteiger partial charge in [0.25, 0.3) is 0 Å². The van der Waals surface area contributed by atoms with Gasteiger partial charge in [-0.2, -0.15) is 16.4 Å². The first kappa shape index (κ1) is 11.8. The third-order valence-electron chi connectivity index (χ3n) is 2.39. The maximum Gasteiger partial charge on any atom is 0.189 e. The molecule has 0 spiro atoms. The number of allylic oxidation sites excluding steroid dienone is 1. The van der Waals surface area contributed by atoms with Gasteiger partial charge in [-0.05, 0) is 42.3 Å². The maximum atomic E-state index is 11.8. The molecular formula is C13H14N2OS. The Balaban J connectivity index is 2.09. The van der Waals surface area contributed by atoms with Crippen LogP contribution >= 0.6 is 11.3 Å². The summed E-state index contributed by atoms with van der Waals surface area (Å²) in [6.45, 7) is 4.06. The van der Waals surface area contributed by atoms with E-state index in [1.165, 1.54) is 0 Å². The minimum atomic E-state index is -0.0110. The molecule has 17 heavy (non-hydrogen) atoms. The van der Waals surface area contributed by atoms with Crippen LogP contribution in [-0.4, -0.2) is 15.6 Å². The number of carbonyl (C=O) groups excluding carboxylic acids is 1. The van der Waals surface area contributed by atoms with Crippen LogP contribution in [0.15, 0.2) is 35.3 Å². The van der Waals surface area contributed by atoms with Crippen LogP contribution in [0.3, 0.4) is 0 Å². The molecule has 4 heteroatoms. The predicted octanol–water partition coefficient (Wildman–Crippen LogP) is 3.42. The highest BCUT2D eigenvalue weighted by molar-refractivity contribution is 7.08. The number of hydrogen-bond donors (Lipinski definition) is 0. The molecule has 0 N–H and O–H groups in total. The molecule has 0 aliphatic rings. The van der Waals surface area contributed by atoms with E-state index in [4.69, 9.17) is 0 Å². The molecule has 2 aromatic rings. The Hall–Kier alpha value is -1.68. The molecule has 2 rings (SSSR count). The van der Waals surface area contributed by atoms with Gasteiger partial charge in [-0.1, -0.05) is 6.08 Å². The van der Waals surface area contributed by atoms with Crippen molar-refractivity contribution >= 4 is 23.2 Å². The molecule has 2 aromatic heterocycles. The van der Waals surface area contributed by atoms with Gasteiger partial charge < -0.3 is 0 Å². The molecule has 0 saturated carbocycles. The normalized spacial score (nSPS) is 11.5. The zero-order chi connectivity index (χ0) is 12.3. The highest BCUT2D eigenvalue weighted by atomic mass is 32.1. The summed E-state index contributed by atoms with van der Waals surface area (Å²) in [7, 11) is 0. The first-order valence-electron chi connectivity index (χ1n) is 5.45. The van der Waals surface area contributed by atoms with Gasteiger partial charge in [0.15, 0.2) is 5.78 Å². The van der Waals surface area contributed by atoms with Gasteiger partial charge in [0.05, 0.1) is 11.8 Å². The van der Waals surface area contributed by atoms with Gasteiger partial charge in [0.2, 0.25) is 0 Å². The van der Waals surface area contributed by atoms with Crippen LogP contribution in [0.5, 0.6) is 0 Å². The highest BCUT2D eigenvalue weighted by Gasteiger charge is 2.06. The largest absolute Gasteiger partial charge is 0.289 e. The molecule has 0 radical (unpaired) electrons. The monoisotopic (exact) mass is 246 g/mol. The molecule has 0 fully saturated rings. The molecule has 0 aromatic carbocycles. The molecule has 0 bridgehead atoms. The summed E-state index contributed by atoms with van der Waals surface area (Å²) in [5.41, 5.74) is 1.68. The molecule has 0 atom stereocenters. The van der Waals surface area contributed by atoms with Crippen molar-refractivity contribution < 1.29 is 4.79 Å². The van der Waals surface area contributed by atoms with Crippen molar-refractivity contribution in [1.29, 1.82) is 0 Å². The van der Waals surface area contributed by atoms with E-state index in [1.807, 2.05) is 36.7 Å². The molecule has 3 nitrogen and oxygen atoms in total. The predicted molar refractivity (Wildman–Crippen MR) is 70.3 cm³/mol. The van der Waals surface area contributed by atoms with E-state index < -0.39 is 0 Å². The number of ketones is 1. The van der Waals surface area contributed by atoms with E-state index in [0.717, 1.165) is 5.56 Å². The van der Waals surface area contributed by atoms with E-state index in [1.54, 1.807) is 34.5 Å². The molecule has 0 aliphatic heterocycles. The number of aromatic nitrogens is 2. The van der Waals surface area contributed by atoms with E-state index in [2.05, 4.69) is 5.10 Å². The second-order valence-corrected chi connectivity index (χ2v) is 4.84. The maximum absolute atomic E-state index is 11.8. The number of thiophene rings is 1. The molecule has 88 valence electrons. The quantitative estimate of drug-likeness (QED) is 0.612. The number of carbonyl (C=O) groups is 1. The molecule has 0 aliphatic carbocycles. The van der Waals surface area contributed by atoms with Crippen LogP contribution in [0.4, 0.5) is 0 Å². The van der Waals surface area contributed by atoms with Crippen molar-refractivity contribution in [2.24, 2.45) is 0 Å². The van der Waals surface area contributed by atoms with Crippen LogP contribution in [0.2, 0.25) is 0 Å². The average molecular weight is 246 g/mol. The van der Waals surface area contributed by atoms with Crippen molar-refractivity contribution in [2.75, 3.05) is 0 Å². The Morgan fingerprint density at radius 2 is 2.35 bits per heavy atom. The van der Waals surface area contributed by atoms with Crippen molar-refractivity contribution in [3.63, 3.8) is 0 Å². The SMILES string of the molecule is CC(C)n1cc(C(=O)C=Cc2ccsc2)cn1. The fourth-order valence-corrected chi connectivity index (χ4v) is 2.01. The minimum absolute atomic E-state index is 0.0110. The van der Waals surface area contributed by atoms with Crippen molar-refractivity contribution in [1.82, 2.24) is 9.78 Å². The smallest absolute Gasteiger partial charge is 0.189 e. The van der Waals surface area contributed by atoms with E-state index in [0.29, 0.717) is 5.56 Å². The summed E-state index contributed by atoms with van der Waals surface area (Å²) >= 11 is 1.62. The second kappa shape index (κ2) is 5.10. The molecule has 0 saturated heterocycles. The second-order valence-electron chi connectivity index (χ2n) is 4.06. The summed E-state index contributed by atoms with van der Waals surface area (Å²) in [5, 5.41) is 8.13. The van der Waals surface area contributed by atoms with Crippen molar-refractivity contribution in [2.45, 2.75) is 19.9 Å². The number of hydrogen-bond acceptors (Lipinski definition) is 3. The highest BCUT2D eigenvalue weighted by Crippen LogP contribution is 2.10. The molecule has 0 amide bonds. The van der Waals surface area contributed by atoms with Gasteiger partial charge >= 0.3 is 0 Å². The number of nitrogens with zero attached hydrogens (tertiary/aromatic N) is 2. The van der Waals surface area contributed by atoms with Crippen molar-refractivity contribution in [3.05, 3.63) is 46.4 Å². The summed E-state index contributed by atoms with van der Waals surface area (Å²) in [5.74, 6) is -0.0110. The van der Waals surface area contributed by atoms with Crippen molar-refractivity contribution in [3.8, 4) is 0 Å². The lowest BCUT2D eigenvalue weighted by atomic mass is 10.2.